The fourth-order valence-corrected chi connectivity index (χ4v) is 3.43. The molecule has 0 fully saturated rings. The highest BCUT2D eigenvalue weighted by molar-refractivity contribution is 14.0. The fourth-order valence-electron chi connectivity index (χ4n) is 3.43. The van der Waals surface area contributed by atoms with Crippen LogP contribution in [0.1, 0.15) is 44.1 Å². The predicted molar refractivity (Wildman–Crippen MR) is 121 cm³/mol. The van der Waals surface area contributed by atoms with Gasteiger partial charge in [0.25, 0.3) is 0 Å². The van der Waals surface area contributed by atoms with Crippen molar-refractivity contribution >= 4 is 29.9 Å². The average Bonchev–Trinajstić information content (AvgIpc) is 3.08. The highest BCUT2D eigenvalue weighted by Crippen LogP contribution is 2.20. The predicted octanol–water partition coefficient (Wildman–Crippen LogP) is 2.96. The van der Waals surface area contributed by atoms with Gasteiger partial charge in [-0.1, -0.05) is 31.2 Å². The number of aromatic nitrogens is 3. The molecule has 0 radical (unpaired) electrons. The molecule has 1 aliphatic carbocycles. The molecular formula is C20H31IN6. The van der Waals surface area contributed by atoms with Gasteiger partial charge < -0.3 is 15.2 Å². The monoisotopic (exact) mass is 482 g/mol. The highest BCUT2D eigenvalue weighted by atomic mass is 127. The second-order valence-electron chi connectivity index (χ2n) is 7.18. The lowest BCUT2D eigenvalue weighted by molar-refractivity contribution is 0.514. The normalized spacial score (nSPS) is 16.6. The van der Waals surface area contributed by atoms with E-state index in [-0.39, 0.29) is 24.0 Å². The first-order valence-electron chi connectivity index (χ1n) is 9.66. The molecule has 0 saturated heterocycles. The molecule has 1 aliphatic rings. The Balaban J connectivity index is 0.00000261. The molecule has 0 bridgehead atoms. The number of guanidine groups is 1. The van der Waals surface area contributed by atoms with Crippen LogP contribution < -0.4 is 10.6 Å². The van der Waals surface area contributed by atoms with Crippen LogP contribution in [0.3, 0.4) is 0 Å². The van der Waals surface area contributed by atoms with Crippen molar-refractivity contribution < 1.29 is 0 Å². The first-order chi connectivity index (χ1) is 12.7. The molecule has 7 heteroatoms. The number of fused-ring (bicyclic) bond motifs is 1. The second-order valence-corrected chi connectivity index (χ2v) is 7.18. The zero-order valence-electron chi connectivity index (χ0n) is 16.5. The Morgan fingerprint density at radius 3 is 2.81 bits per heavy atom. The van der Waals surface area contributed by atoms with Crippen LogP contribution in [0.25, 0.3) is 0 Å². The van der Waals surface area contributed by atoms with Crippen molar-refractivity contribution in [3.05, 3.63) is 47.5 Å². The van der Waals surface area contributed by atoms with Crippen molar-refractivity contribution in [3.63, 3.8) is 0 Å². The number of benzene rings is 1. The van der Waals surface area contributed by atoms with Gasteiger partial charge in [-0.05, 0) is 44.2 Å². The van der Waals surface area contributed by atoms with Gasteiger partial charge in [0.05, 0.1) is 6.54 Å². The van der Waals surface area contributed by atoms with E-state index in [0.717, 1.165) is 44.0 Å². The van der Waals surface area contributed by atoms with Crippen molar-refractivity contribution in [1.29, 1.82) is 0 Å². The van der Waals surface area contributed by atoms with Crippen LogP contribution in [-0.4, -0.2) is 39.4 Å². The smallest absolute Gasteiger partial charge is 0.191 e. The molecule has 1 aromatic heterocycles. The van der Waals surface area contributed by atoms with E-state index in [4.69, 9.17) is 4.99 Å². The van der Waals surface area contributed by atoms with Gasteiger partial charge in [-0.2, -0.15) is 0 Å². The van der Waals surface area contributed by atoms with E-state index in [1.807, 2.05) is 0 Å². The lowest BCUT2D eigenvalue weighted by Crippen LogP contribution is -2.47. The molecule has 0 aliphatic heterocycles. The van der Waals surface area contributed by atoms with Gasteiger partial charge in [0, 0.05) is 25.0 Å². The van der Waals surface area contributed by atoms with Gasteiger partial charge >= 0.3 is 0 Å². The minimum Gasteiger partial charge on any atom is -0.354 e. The first kappa shape index (κ1) is 21.7. The minimum atomic E-state index is 0. The number of rotatable bonds is 6. The van der Waals surface area contributed by atoms with Crippen LogP contribution in [0.4, 0.5) is 0 Å². The first-order valence-corrected chi connectivity index (χ1v) is 9.66. The molecule has 1 heterocycles. The summed E-state index contributed by atoms with van der Waals surface area (Å²) in [6.45, 7) is 7.88. The Morgan fingerprint density at radius 2 is 2.07 bits per heavy atom. The standard InChI is InChI=1S/C20H30N6.HI/c1-4-19-25-22-14-26(19)12-11-21-20(23-15(2)3)24-18-10-9-16-7-5-6-8-17(16)13-18;/h5-8,14-15,18H,4,9-13H2,1-3H3,(H2,21,23,24);1H. The zero-order valence-corrected chi connectivity index (χ0v) is 18.8. The van der Waals surface area contributed by atoms with Gasteiger partial charge in [0.1, 0.15) is 12.2 Å². The van der Waals surface area contributed by atoms with E-state index in [2.05, 4.69) is 70.4 Å². The van der Waals surface area contributed by atoms with Crippen molar-refractivity contribution in [2.75, 3.05) is 6.54 Å². The number of hydrogen-bond acceptors (Lipinski definition) is 3. The van der Waals surface area contributed by atoms with E-state index >= 15 is 0 Å². The van der Waals surface area contributed by atoms with Crippen molar-refractivity contribution in [2.45, 2.75) is 65.1 Å². The molecule has 27 heavy (non-hydrogen) atoms. The maximum absolute atomic E-state index is 4.78. The third kappa shape index (κ3) is 6.19. The highest BCUT2D eigenvalue weighted by Gasteiger charge is 2.19. The minimum absolute atomic E-state index is 0. The van der Waals surface area contributed by atoms with Crippen molar-refractivity contribution in [3.8, 4) is 0 Å². The van der Waals surface area contributed by atoms with Gasteiger partial charge in [-0.25, -0.2) is 0 Å². The second kappa shape index (κ2) is 10.6. The third-order valence-corrected chi connectivity index (χ3v) is 4.74. The summed E-state index contributed by atoms with van der Waals surface area (Å²) < 4.78 is 2.08. The van der Waals surface area contributed by atoms with E-state index < -0.39 is 0 Å². The molecule has 3 rings (SSSR count). The van der Waals surface area contributed by atoms with E-state index in [9.17, 15) is 0 Å². The molecule has 1 aromatic carbocycles. The third-order valence-electron chi connectivity index (χ3n) is 4.74. The summed E-state index contributed by atoms with van der Waals surface area (Å²) in [4.78, 5) is 4.78. The average molecular weight is 482 g/mol. The quantitative estimate of drug-likeness (QED) is 0.378. The van der Waals surface area contributed by atoms with Crippen LogP contribution >= 0.6 is 24.0 Å². The number of halogens is 1. The summed E-state index contributed by atoms with van der Waals surface area (Å²) in [6, 6.07) is 9.53. The summed E-state index contributed by atoms with van der Waals surface area (Å²) in [5, 5.41) is 15.2. The van der Waals surface area contributed by atoms with E-state index in [1.54, 1.807) is 6.33 Å². The maximum Gasteiger partial charge on any atom is 0.191 e. The van der Waals surface area contributed by atoms with Crippen LogP contribution in [0, 0.1) is 0 Å². The topological polar surface area (TPSA) is 67.1 Å². The molecule has 6 nitrogen and oxygen atoms in total. The molecule has 0 amide bonds. The molecule has 2 aromatic rings. The molecule has 148 valence electrons. The largest absolute Gasteiger partial charge is 0.354 e. The van der Waals surface area contributed by atoms with Gasteiger partial charge in [0.2, 0.25) is 0 Å². The van der Waals surface area contributed by atoms with Gasteiger partial charge in [-0.15, -0.1) is 34.2 Å². The number of nitrogens with zero attached hydrogens (tertiary/aromatic N) is 4. The molecule has 0 spiro atoms. The SMILES string of the molecule is CCc1nncn1CCN=C(NC(C)C)NC1CCc2ccccc2C1.I. The Kier molecular flexibility index (Phi) is 8.53. The molecule has 2 N–H and O–H groups in total. The molecule has 1 unspecified atom stereocenters. The van der Waals surface area contributed by atoms with E-state index in [1.165, 1.54) is 11.1 Å². The number of aliphatic imine (C=N–C) groups is 1. The van der Waals surface area contributed by atoms with Crippen LogP contribution in [0.2, 0.25) is 0 Å². The Labute approximate surface area is 179 Å². The van der Waals surface area contributed by atoms with E-state index in [0.29, 0.717) is 18.6 Å². The molecule has 1 atom stereocenters. The zero-order chi connectivity index (χ0) is 18.4. The number of hydrogen-bond donors (Lipinski definition) is 2. The molecular weight excluding hydrogens is 451 g/mol. The number of nitrogens with one attached hydrogen (secondary N) is 2. The Hall–Kier alpha value is -1.64. The van der Waals surface area contributed by atoms with Crippen molar-refractivity contribution in [2.24, 2.45) is 4.99 Å². The lowest BCUT2D eigenvalue weighted by Gasteiger charge is -2.27. The van der Waals surface area contributed by atoms with Gasteiger partial charge in [-0.3, -0.25) is 4.99 Å². The Morgan fingerprint density at radius 1 is 1.30 bits per heavy atom. The summed E-state index contributed by atoms with van der Waals surface area (Å²) in [6.07, 6.45) is 6.00. The summed E-state index contributed by atoms with van der Waals surface area (Å²) >= 11 is 0. The number of aryl methyl sites for hydroxylation is 2. The lowest BCUT2D eigenvalue weighted by atomic mass is 9.88. The van der Waals surface area contributed by atoms with Crippen LogP contribution in [0.5, 0.6) is 0 Å². The van der Waals surface area contributed by atoms with Gasteiger partial charge in [0.15, 0.2) is 5.96 Å². The summed E-state index contributed by atoms with van der Waals surface area (Å²) in [5.41, 5.74) is 2.94. The molecule has 0 saturated carbocycles. The Bertz CT molecular complexity index is 740. The fraction of sp³-hybridized carbons (Fsp3) is 0.550. The summed E-state index contributed by atoms with van der Waals surface area (Å²) in [5.74, 6) is 1.91. The van der Waals surface area contributed by atoms with Crippen LogP contribution in [-0.2, 0) is 25.8 Å². The van der Waals surface area contributed by atoms with Crippen LogP contribution in [0.15, 0.2) is 35.6 Å². The maximum atomic E-state index is 4.78. The summed E-state index contributed by atoms with van der Waals surface area (Å²) in [7, 11) is 0. The van der Waals surface area contributed by atoms with Crippen molar-refractivity contribution in [1.82, 2.24) is 25.4 Å².